The van der Waals surface area contributed by atoms with Crippen LogP contribution in [-0.4, -0.2) is 20.2 Å². The number of H-pyrrole nitrogens is 1. The highest BCUT2D eigenvalue weighted by atomic mass is 19.1. The maximum Gasteiger partial charge on any atom is 0.235 e. The first-order valence-corrected chi connectivity index (χ1v) is 5.54. The van der Waals surface area contributed by atoms with Gasteiger partial charge in [0, 0.05) is 0 Å². The molecule has 0 aliphatic carbocycles. The number of nitrogen functional groups attached to an aromatic ring is 1. The standard InChI is InChI=1S/C12H10FN5O/c1-6-4-7(13)2-3-9(6)19-11-8-5-15-18-10(8)16-12(14)17-11/h2-5H,1H3,(H3,14,15,16,17,18). The number of aryl methyl sites for hydroxylation is 1. The Morgan fingerprint density at radius 1 is 1.32 bits per heavy atom. The van der Waals surface area contributed by atoms with Gasteiger partial charge in [-0.3, -0.25) is 5.10 Å². The zero-order chi connectivity index (χ0) is 13.4. The summed E-state index contributed by atoms with van der Waals surface area (Å²) in [6, 6.07) is 4.24. The molecule has 19 heavy (non-hydrogen) atoms. The molecule has 0 aliphatic heterocycles. The van der Waals surface area contributed by atoms with E-state index >= 15 is 0 Å². The first-order valence-electron chi connectivity index (χ1n) is 5.54. The van der Waals surface area contributed by atoms with Gasteiger partial charge in [0.2, 0.25) is 11.8 Å². The summed E-state index contributed by atoms with van der Waals surface area (Å²) >= 11 is 0. The van der Waals surface area contributed by atoms with Crippen molar-refractivity contribution in [1.29, 1.82) is 0 Å². The first kappa shape index (κ1) is 11.4. The summed E-state index contributed by atoms with van der Waals surface area (Å²) in [6.07, 6.45) is 1.54. The van der Waals surface area contributed by atoms with Crippen LogP contribution in [0.25, 0.3) is 11.0 Å². The van der Waals surface area contributed by atoms with Crippen molar-refractivity contribution < 1.29 is 9.13 Å². The topological polar surface area (TPSA) is 89.7 Å². The van der Waals surface area contributed by atoms with Crippen molar-refractivity contribution in [3.63, 3.8) is 0 Å². The van der Waals surface area contributed by atoms with E-state index in [9.17, 15) is 4.39 Å². The smallest absolute Gasteiger partial charge is 0.235 e. The van der Waals surface area contributed by atoms with Gasteiger partial charge in [-0.25, -0.2) is 4.39 Å². The number of nitrogens with two attached hydrogens (primary N) is 1. The van der Waals surface area contributed by atoms with Crippen molar-refractivity contribution in [2.75, 3.05) is 5.73 Å². The molecule has 3 N–H and O–H groups in total. The quantitative estimate of drug-likeness (QED) is 0.736. The van der Waals surface area contributed by atoms with Crippen molar-refractivity contribution in [2.45, 2.75) is 6.92 Å². The molecule has 3 rings (SSSR count). The summed E-state index contributed by atoms with van der Waals surface area (Å²) in [7, 11) is 0. The van der Waals surface area contributed by atoms with E-state index in [4.69, 9.17) is 10.5 Å². The van der Waals surface area contributed by atoms with Crippen molar-refractivity contribution in [2.24, 2.45) is 0 Å². The molecule has 0 saturated carbocycles. The Hall–Kier alpha value is -2.70. The Morgan fingerprint density at radius 3 is 2.95 bits per heavy atom. The third kappa shape index (κ3) is 2.05. The number of halogens is 1. The number of rotatable bonds is 2. The van der Waals surface area contributed by atoms with E-state index in [1.165, 1.54) is 18.2 Å². The van der Waals surface area contributed by atoms with E-state index < -0.39 is 0 Å². The molecule has 1 aromatic carbocycles. The largest absolute Gasteiger partial charge is 0.438 e. The van der Waals surface area contributed by atoms with Gasteiger partial charge in [0.05, 0.1) is 6.20 Å². The minimum absolute atomic E-state index is 0.0755. The maximum atomic E-state index is 13.0. The number of hydrogen-bond acceptors (Lipinski definition) is 5. The Balaban J connectivity index is 2.07. The van der Waals surface area contributed by atoms with Crippen LogP contribution in [-0.2, 0) is 0 Å². The summed E-state index contributed by atoms with van der Waals surface area (Å²) in [6.45, 7) is 1.75. The molecule has 0 saturated heterocycles. The third-order valence-electron chi connectivity index (χ3n) is 2.64. The molecule has 0 spiro atoms. The molecule has 0 atom stereocenters. The van der Waals surface area contributed by atoms with Crippen LogP contribution in [0.3, 0.4) is 0 Å². The molecule has 6 nitrogen and oxygen atoms in total. The summed E-state index contributed by atoms with van der Waals surface area (Å²) in [5.74, 6) is 0.542. The first-order chi connectivity index (χ1) is 9.13. The normalized spacial score (nSPS) is 10.8. The van der Waals surface area contributed by atoms with Crippen molar-refractivity contribution in [1.82, 2.24) is 20.2 Å². The summed E-state index contributed by atoms with van der Waals surface area (Å²) in [4.78, 5) is 8.01. The Bertz CT molecular complexity index is 755. The zero-order valence-electron chi connectivity index (χ0n) is 10.0. The highest BCUT2D eigenvalue weighted by Gasteiger charge is 2.11. The highest BCUT2D eigenvalue weighted by molar-refractivity contribution is 5.80. The van der Waals surface area contributed by atoms with Gasteiger partial charge in [0.1, 0.15) is 17.0 Å². The number of nitrogens with zero attached hydrogens (tertiary/aromatic N) is 3. The van der Waals surface area contributed by atoms with E-state index in [0.29, 0.717) is 22.3 Å². The van der Waals surface area contributed by atoms with Gasteiger partial charge in [0.25, 0.3) is 0 Å². The number of aromatic amines is 1. The number of ether oxygens (including phenoxy) is 1. The Labute approximate surface area is 107 Å². The molecule has 2 heterocycles. The molecule has 0 radical (unpaired) electrons. The monoisotopic (exact) mass is 259 g/mol. The lowest BCUT2D eigenvalue weighted by Crippen LogP contribution is -1.98. The minimum atomic E-state index is -0.319. The predicted molar refractivity (Wildman–Crippen MR) is 67.3 cm³/mol. The fourth-order valence-electron chi connectivity index (χ4n) is 1.73. The lowest BCUT2D eigenvalue weighted by Gasteiger charge is -2.08. The van der Waals surface area contributed by atoms with E-state index in [-0.39, 0.29) is 17.6 Å². The number of anilines is 1. The van der Waals surface area contributed by atoms with Gasteiger partial charge in [-0.05, 0) is 30.7 Å². The lowest BCUT2D eigenvalue weighted by atomic mass is 10.2. The van der Waals surface area contributed by atoms with E-state index in [0.717, 1.165) is 0 Å². The molecule has 96 valence electrons. The van der Waals surface area contributed by atoms with E-state index in [1.807, 2.05) is 0 Å². The SMILES string of the molecule is Cc1cc(F)ccc1Oc1nc(N)nc2[nH]ncc12. The van der Waals surface area contributed by atoms with Gasteiger partial charge in [-0.2, -0.15) is 15.1 Å². The summed E-state index contributed by atoms with van der Waals surface area (Å²) < 4.78 is 18.7. The minimum Gasteiger partial charge on any atom is -0.438 e. The summed E-state index contributed by atoms with van der Waals surface area (Å²) in [5, 5.41) is 7.16. The second kappa shape index (κ2) is 4.20. The molecule has 3 aromatic rings. The lowest BCUT2D eigenvalue weighted by molar-refractivity contribution is 0.463. The number of aromatic nitrogens is 4. The highest BCUT2D eigenvalue weighted by Crippen LogP contribution is 2.29. The molecule has 0 fully saturated rings. The second-order valence-electron chi connectivity index (χ2n) is 4.03. The summed E-state index contributed by atoms with van der Waals surface area (Å²) in [5.41, 5.74) is 6.74. The van der Waals surface area contributed by atoms with Crippen molar-refractivity contribution in [3.8, 4) is 11.6 Å². The number of nitrogens with one attached hydrogen (secondary N) is 1. The van der Waals surface area contributed by atoms with Gasteiger partial charge in [0.15, 0.2) is 5.65 Å². The fourth-order valence-corrected chi connectivity index (χ4v) is 1.73. The average molecular weight is 259 g/mol. The average Bonchev–Trinajstić information content (AvgIpc) is 2.80. The van der Waals surface area contributed by atoms with Gasteiger partial charge in [-0.1, -0.05) is 0 Å². The van der Waals surface area contributed by atoms with Crippen LogP contribution in [0.4, 0.5) is 10.3 Å². The number of benzene rings is 1. The van der Waals surface area contributed by atoms with Crippen LogP contribution in [0.1, 0.15) is 5.56 Å². The molecular weight excluding hydrogens is 249 g/mol. The van der Waals surface area contributed by atoms with Crippen LogP contribution in [0.5, 0.6) is 11.6 Å². The van der Waals surface area contributed by atoms with Crippen LogP contribution in [0.2, 0.25) is 0 Å². The molecule has 0 amide bonds. The van der Waals surface area contributed by atoms with Gasteiger partial charge >= 0.3 is 0 Å². The molecular formula is C12H10FN5O. The van der Waals surface area contributed by atoms with E-state index in [2.05, 4.69) is 20.2 Å². The molecule has 2 aromatic heterocycles. The second-order valence-corrected chi connectivity index (χ2v) is 4.03. The molecule has 0 unspecified atom stereocenters. The maximum absolute atomic E-state index is 13.0. The third-order valence-corrected chi connectivity index (χ3v) is 2.64. The number of hydrogen-bond donors (Lipinski definition) is 2. The van der Waals surface area contributed by atoms with Crippen LogP contribution < -0.4 is 10.5 Å². The predicted octanol–water partition coefficient (Wildman–Crippen LogP) is 2.17. The molecule has 0 bridgehead atoms. The zero-order valence-corrected chi connectivity index (χ0v) is 10.0. The molecule has 0 aliphatic rings. The van der Waals surface area contributed by atoms with Gasteiger partial charge in [-0.15, -0.1) is 0 Å². The van der Waals surface area contributed by atoms with Crippen molar-refractivity contribution >= 4 is 17.0 Å². The van der Waals surface area contributed by atoms with Crippen molar-refractivity contribution in [3.05, 3.63) is 35.8 Å². The Kier molecular flexibility index (Phi) is 2.52. The van der Waals surface area contributed by atoms with Crippen LogP contribution in [0, 0.1) is 12.7 Å². The van der Waals surface area contributed by atoms with Gasteiger partial charge < -0.3 is 10.5 Å². The fraction of sp³-hybridized carbons (Fsp3) is 0.0833. The van der Waals surface area contributed by atoms with Crippen LogP contribution >= 0.6 is 0 Å². The Morgan fingerprint density at radius 2 is 2.16 bits per heavy atom. The molecule has 7 heteroatoms. The van der Waals surface area contributed by atoms with E-state index in [1.54, 1.807) is 13.1 Å². The number of fused-ring (bicyclic) bond motifs is 1. The van der Waals surface area contributed by atoms with Crippen LogP contribution in [0.15, 0.2) is 24.4 Å².